The number of rotatable bonds is 7. The van der Waals surface area contributed by atoms with Crippen LogP contribution >= 0.6 is 0 Å². The van der Waals surface area contributed by atoms with Gasteiger partial charge in [-0.15, -0.1) is 0 Å². The van der Waals surface area contributed by atoms with Gasteiger partial charge in [0.05, 0.1) is 0 Å². The highest BCUT2D eigenvalue weighted by Crippen LogP contribution is 2.04. The molecule has 0 aliphatic rings. The molecule has 4 nitrogen and oxygen atoms in total. The Labute approximate surface area is 91.8 Å². The van der Waals surface area contributed by atoms with Gasteiger partial charge in [-0.2, -0.15) is 0 Å². The lowest BCUT2D eigenvalue weighted by Gasteiger charge is -2.18. The molecule has 0 aromatic heterocycles. The summed E-state index contributed by atoms with van der Waals surface area (Å²) in [5, 5.41) is 5.43. The summed E-state index contributed by atoms with van der Waals surface area (Å²) < 4.78 is 0. The average molecular weight is 214 g/mol. The number of unbranched alkanes of at least 4 members (excludes halogenated alkanes) is 3. The van der Waals surface area contributed by atoms with E-state index in [0.717, 1.165) is 19.3 Å². The average Bonchev–Trinajstić information content (AvgIpc) is 2.10. The fourth-order valence-corrected chi connectivity index (χ4v) is 1.45. The highest BCUT2D eigenvalue weighted by atomic mass is 16.2. The molecule has 0 aromatic rings. The molecule has 0 aliphatic carbocycles. The summed E-state index contributed by atoms with van der Waals surface area (Å²) in [6.45, 7) is 5.07. The van der Waals surface area contributed by atoms with Crippen molar-refractivity contribution in [1.29, 1.82) is 0 Å². The van der Waals surface area contributed by atoms with Crippen LogP contribution in [0.4, 0.5) is 0 Å². The molecule has 0 aromatic carbocycles. The SMILES string of the molecule is CCCCCCC(NC(C)=O)NC(C)=O. The van der Waals surface area contributed by atoms with E-state index >= 15 is 0 Å². The van der Waals surface area contributed by atoms with Crippen LogP contribution in [0.5, 0.6) is 0 Å². The topological polar surface area (TPSA) is 58.2 Å². The minimum Gasteiger partial charge on any atom is -0.336 e. The molecule has 0 aliphatic heterocycles. The summed E-state index contributed by atoms with van der Waals surface area (Å²) in [5.74, 6) is -0.214. The minimum absolute atomic E-state index is 0.107. The van der Waals surface area contributed by atoms with E-state index in [1.54, 1.807) is 0 Å². The van der Waals surface area contributed by atoms with Crippen molar-refractivity contribution in [2.45, 2.75) is 59.0 Å². The van der Waals surface area contributed by atoms with E-state index in [1.807, 2.05) is 0 Å². The number of carbonyl (C=O) groups is 2. The molecule has 0 atom stereocenters. The van der Waals surface area contributed by atoms with Crippen molar-refractivity contribution in [3.63, 3.8) is 0 Å². The van der Waals surface area contributed by atoms with Gasteiger partial charge in [-0.05, 0) is 12.8 Å². The largest absolute Gasteiger partial charge is 0.336 e. The lowest BCUT2D eigenvalue weighted by Crippen LogP contribution is -2.46. The molecule has 2 amide bonds. The van der Waals surface area contributed by atoms with Gasteiger partial charge in [0.2, 0.25) is 11.8 Å². The van der Waals surface area contributed by atoms with Crippen molar-refractivity contribution in [1.82, 2.24) is 10.6 Å². The van der Waals surface area contributed by atoms with Gasteiger partial charge >= 0.3 is 0 Å². The number of hydrogen-bond acceptors (Lipinski definition) is 2. The number of amides is 2. The standard InChI is InChI=1S/C11H22N2O2/c1-4-5-6-7-8-11(12-9(2)14)13-10(3)15/h11H,4-8H2,1-3H3,(H,12,14)(H,13,15). The first-order chi connectivity index (χ1) is 7.06. The van der Waals surface area contributed by atoms with E-state index in [4.69, 9.17) is 0 Å². The van der Waals surface area contributed by atoms with Crippen LogP contribution in [0.2, 0.25) is 0 Å². The van der Waals surface area contributed by atoms with Gasteiger partial charge in [-0.25, -0.2) is 0 Å². The smallest absolute Gasteiger partial charge is 0.218 e. The van der Waals surface area contributed by atoms with Crippen LogP contribution in [0.3, 0.4) is 0 Å². The molecule has 0 saturated carbocycles. The van der Waals surface area contributed by atoms with Gasteiger partial charge in [0.25, 0.3) is 0 Å². The maximum atomic E-state index is 10.9. The fourth-order valence-electron chi connectivity index (χ4n) is 1.45. The normalized spacial score (nSPS) is 10.1. The zero-order chi connectivity index (χ0) is 11.7. The third-order valence-corrected chi connectivity index (χ3v) is 2.10. The molecule has 88 valence electrons. The first-order valence-corrected chi connectivity index (χ1v) is 5.60. The second kappa shape index (κ2) is 8.26. The molecule has 15 heavy (non-hydrogen) atoms. The summed E-state index contributed by atoms with van der Waals surface area (Å²) in [4.78, 5) is 21.7. The lowest BCUT2D eigenvalue weighted by molar-refractivity contribution is -0.122. The van der Waals surface area contributed by atoms with Gasteiger partial charge in [0.15, 0.2) is 0 Å². The quantitative estimate of drug-likeness (QED) is 0.499. The Balaban J connectivity index is 3.79. The van der Waals surface area contributed by atoms with E-state index in [1.165, 1.54) is 26.7 Å². The Hall–Kier alpha value is -1.06. The zero-order valence-electron chi connectivity index (χ0n) is 9.93. The van der Waals surface area contributed by atoms with E-state index in [-0.39, 0.29) is 18.0 Å². The zero-order valence-corrected chi connectivity index (χ0v) is 9.93. The molecule has 0 fully saturated rings. The van der Waals surface area contributed by atoms with E-state index in [9.17, 15) is 9.59 Å². The molecule has 2 N–H and O–H groups in total. The molecule has 0 heterocycles. The molecule has 4 heteroatoms. The van der Waals surface area contributed by atoms with Crippen molar-refractivity contribution in [2.75, 3.05) is 0 Å². The van der Waals surface area contributed by atoms with Crippen LogP contribution in [0.15, 0.2) is 0 Å². The lowest BCUT2D eigenvalue weighted by atomic mass is 10.1. The maximum Gasteiger partial charge on any atom is 0.218 e. The first kappa shape index (κ1) is 13.9. The summed E-state index contributed by atoms with van der Waals surface area (Å²) in [7, 11) is 0. The third-order valence-electron chi connectivity index (χ3n) is 2.10. The van der Waals surface area contributed by atoms with E-state index in [0.29, 0.717) is 0 Å². The Morgan fingerprint density at radius 1 is 1.00 bits per heavy atom. The van der Waals surface area contributed by atoms with Gasteiger partial charge < -0.3 is 10.6 Å². The van der Waals surface area contributed by atoms with Crippen molar-refractivity contribution in [3.8, 4) is 0 Å². The van der Waals surface area contributed by atoms with Crippen molar-refractivity contribution in [2.24, 2.45) is 0 Å². The van der Waals surface area contributed by atoms with Crippen LogP contribution < -0.4 is 10.6 Å². The van der Waals surface area contributed by atoms with E-state index in [2.05, 4.69) is 17.6 Å². The van der Waals surface area contributed by atoms with Crippen molar-refractivity contribution >= 4 is 11.8 Å². The second-order valence-electron chi connectivity index (χ2n) is 3.80. The van der Waals surface area contributed by atoms with Crippen LogP contribution in [0, 0.1) is 0 Å². The monoisotopic (exact) mass is 214 g/mol. The molecule has 0 bridgehead atoms. The van der Waals surface area contributed by atoms with Crippen molar-refractivity contribution in [3.05, 3.63) is 0 Å². The second-order valence-corrected chi connectivity index (χ2v) is 3.80. The molecule has 0 saturated heterocycles. The predicted molar refractivity (Wildman–Crippen MR) is 60.2 cm³/mol. The summed E-state index contributed by atoms with van der Waals surface area (Å²) in [6.07, 6.45) is 5.15. The molecular weight excluding hydrogens is 192 g/mol. The Morgan fingerprint density at radius 2 is 1.53 bits per heavy atom. The molecule has 0 unspecified atom stereocenters. The molecule has 0 radical (unpaired) electrons. The van der Waals surface area contributed by atoms with Crippen molar-refractivity contribution < 1.29 is 9.59 Å². The van der Waals surface area contributed by atoms with Crippen LogP contribution in [0.25, 0.3) is 0 Å². The maximum absolute atomic E-state index is 10.9. The highest BCUT2D eigenvalue weighted by Gasteiger charge is 2.09. The van der Waals surface area contributed by atoms with Crippen LogP contribution in [-0.2, 0) is 9.59 Å². The van der Waals surface area contributed by atoms with Gasteiger partial charge in [0.1, 0.15) is 6.17 Å². The first-order valence-electron chi connectivity index (χ1n) is 5.60. The third kappa shape index (κ3) is 9.25. The number of hydrogen-bond donors (Lipinski definition) is 2. The fraction of sp³-hybridized carbons (Fsp3) is 0.818. The number of nitrogens with one attached hydrogen (secondary N) is 2. The van der Waals surface area contributed by atoms with Gasteiger partial charge in [-0.3, -0.25) is 9.59 Å². The molecule has 0 rings (SSSR count). The molecular formula is C11H22N2O2. The Kier molecular flexibility index (Phi) is 7.68. The Bertz CT molecular complexity index is 189. The van der Waals surface area contributed by atoms with Gasteiger partial charge in [-0.1, -0.05) is 26.2 Å². The summed E-state index contributed by atoms with van der Waals surface area (Å²) >= 11 is 0. The number of carbonyl (C=O) groups excluding carboxylic acids is 2. The summed E-state index contributed by atoms with van der Waals surface area (Å²) in [6, 6.07) is 0. The Morgan fingerprint density at radius 3 is 1.93 bits per heavy atom. The molecule has 0 spiro atoms. The van der Waals surface area contributed by atoms with Crippen LogP contribution in [0.1, 0.15) is 52.9 Å². The minimum atomic E-state index is -0.211. The highest BCUT2D eigenvalue weighted by molar-refractivity contribution is 5.76. The predicted octanol–water partition coefficient (Wildman–Crippen LogP) is 1.56. The van der Waals surface area contributed by atoms with Crippen LogP contribution in [-0.4, -0.2) is 18.0 Å². The summed E-state index contributed by atoms with van der Waals surface area (Å²) in [5.41, 5.74) is 0. The van der Waals surface area contributed by atoms with E-state index < -0.39 is 0 Å². The van der Waals surface area contributed by atoms with Gasteiger partial charge in [0, 0.05) is 13.8 Å².